The van der Waals surface area contributed by atoms with Gasteiger partial charge in [0, 0.05) is 44.3 Å². The highest BCUT2D eigenvalue weighted by Crippen LogP contribution is 2.35. The smallest absolute Gasteiger partial charge is 0.252 e. The molecule has 1 unspecified atom stereocenters. The summed E-state index contributed by atoms with van der Waals surface area (Å²) in [4.78, 5) is 17.9. The van der Waals surface area contributed by atoms with Gasteiger partial charge in [0.05, 0.1) is 29.6 Å². The molecular formula is C28H36N6O2. The molecular weight excluding hydrogens is 452 g/mol. The minimum absolute atomic E-state index is 0.0544. The van der Waals surface area contributed by atoms with E-state index in [1.54, 1.807) is 28.6 Å². The fraction of sp³-hybridized carbons (Fsp3) is 0.536. The van der Waals surface area contributed by atoms with Crippen molar-refractivity contribution in [1.82, 2.24) is 19.2 Å². The van der Waals surface area contributed by atoms with Crippen LogP contribution in [0.5, 0.6) is 5.75 Å². The van der Waals surface area contributed by atoms with Gasteiger partial charge in [0.15, 0.2) is 0 Å². The van der Waals surface area contributed by atoms with Gasteiger partial charge in [-0.1, -0.05) is 26.0 Å². The van der Waals surface area contributed by atoms with Crippen molar-refractivity contribution in [2.24, 2.45) is 7.05 Å². The minimum Gasteiger partial charge on any atom is -0.490 e. The molecule has 1 saturated carbocycles. The molecule has 3 heterocycles. The third-order valence-electron chi connectivity index (χ3n) is 7.85. The standard InChI is InChI=1S/C28H36N6O2/c1-5-21-17-34(25-15-27(35)31(4)26-18-32(14-13-29)30-28(25)26)22(6-2)16-33(21)19(3)20-7-9-23(10-8-20)36-24-11-12-24/h7-10,15,18-19,21-22,24H,5-6,11-12,14,16-17H2,1-4H3/t19?,21-,22+/m1/s1. The second-order valence-corrected chi connectivity index (χ2v) is 10.2. The van der Waals surface area contributed by atoms with Gasteiger partial charge >= 0.3 is 0 Å². The van der Waals surface area contributed by atoms with Crippen LogP contribution < -0.4 is 15.2 Å². The summed E-state index contributed by atoms with van der Waals surface area (Å²) in [5.74, 6) is 0.960. The van der Waals surface area contributed by atoms with Crippen LogP contribution in [-0.4, -0.2) is 50.5 Å². The van der Waals surface area contributed by atoms with Gasteiger partial charge in [-0.15, -0.1) is 0 Å². The van der Waals surface area contributed by atoms with Crippen molar-refractivity contribution < 1.29 is 4.74 Å². The Bertz CT molecular complexity index is 1320. The third-order valence-corrected chi connectivity index (χ3v) is 7.85. The molecule has 0 radical (unpaired) electrons. The Kier molecular flexibility index (Phi) is 6.76. The van der Waals surface area contributed by atoms with E-state index in [0.717, 1.165) is 61.2 Å². The van der Waals surface area contributed by atoms with Crippen molar-refractivity contribution in [3.8, 4) is 11.8 Å². The molecule has 0 bridgehead atoms. The molecule has 8 nitrogen and oxygen atoms in total. The Morgan fingerprint density at radius 3 is 2.50 bits per heavy atom. The van der Waals surface area contributed by atoms with Crippen LogP contribution in [0.4, 0.5) is 5.69 Å². The second-order valence-electron chi connectivity index (χ2n) is 10.2. The molecule has 3 aromatic rings. The predicted octanol–water partition coefficient (Wildman–Crippen LogP) is 4.24. The van der Waals surface area contributed by atoms with Gasteiger partial charge in [-0.25, -0.2) is 0 Å². The number of benzene rings is 1. The van der Waals surface area contributed by atoms with Gasteiger partial charge in [-0.3, -0.25) is 14.4 Å². The van der Waals surface area contributed by atoms with Gasteiger partial charge < -0.3 is 14.2 Å². The summed E-state index contributed by atoms with van der Waals surface area (Å²) in [6.07, 6.45) is 6.51. The number of nitriles is 1. The molecule has 3 atom stereocenters. The highest BCUT2D eigenvalue weighted by atomic mass is 16.5. The highest BCUT2D eigenvalue weighted by molar-refractivity contribution is 5.88. The average Bonchev–Trinajstić information content (AvgIpc) is 3.61. The summed E-state index contributed by atoms with van der Waals surface area (Å²) in [6.45, 7) is 8.64. The third kappa shape index (κ3) is 4.60. The van der Waals surface area contributed by atoms with Crippen LogP contribution in [0.1, 0.15) is 58.1 Å². The number of anilines is 1. The van der Waals surface area contributed by atoms with Crippen molar-refractivity contribution in [2.75, 3.05) is 18.0 Å². The molecule has 0 N–H and O–H groups in total. The highest BCUT2D eigenvalue weighted by Gasteiger charge is 2.36. The van der Waals surface area contributed by atoms with E-state index < -0.39 is 0 Å². The minimum atomic E-state index is -0.0544. The quantitative estimate of drug-likeness (QED) is 0.472. The van der Waals surface area contributed by atoms with Crippen LogP contribution in [0.2, 0.25) is 0 Å². The lowest BCUT2D eigenvalue weighted by Crippen LogP contribution is -2.58. The molecule has 1 saturated heterocycles. The molecule has 1 aliphatic heterocycles. The molecule has 1 aromatic carbocycles. The average molecular weight is 489 g/mol. The summed E-state index contributed by atoms with van der Waals surface area (Å²) in [5, 5.41) is 13.9. The fourth-order valence-corrected chi connectivity index (χ4v) is 5.46. The first kappa shape index (κ1) is 24.4. The Hall–Kier alpha value is -3.31. The maximum Gasteiger partial charge on any atom is 0.252 e. The first-order valence-electron chi connectivity index (χ1n) is 13.2. The molecule has 1 aliphatic carbocycles. The molecule has 5 rings (SSSR count). The van der Waals surface area contributed by atoms with Gasteiger partial charge in [0.2, 0.25) is 0 Å². The molecule has 190 valence electrons. The predicted molar refractivity (Wildman–Crippen MR) is 141 cm³/mol. The largest absolute Gasteiger partial charge is 0.490 e. The molecule has 0 amide bonds. The Labute approximate surface area is 212 Å². The number of hydrogen-bond acceptors (Lipinski definition) is 6. The van der Waals surface area contributed by atoms with Crippen LogP contribution in [-0.2, 0) is 13.6 Å². The lowest BCUT2D eigenvalue weighted by atomic mass is 9.96. The van der Waals surface area contributed by atoms with E-state index in [2.05, 4.69) is 60.9 Å². The number of fused-ring (bicyclic) bond motifs is 1. The lowest BCUT2D eigenvalue weighted by molar-refractivity contribution is 0.101. The van der Waals surface area contributed by atoms with Crippen LogP contribution >= 0.6 is 0 Å². The van der Waals surface area contributed by atoms with Crippen molar-refractivity contribution in [3.05, 3.63) is 52.4 Å². The number of nitrogens with zero attached hydrogens (tertiary/aromatic N) is 6. The van der Waals surface area contributed by atoms with E-state index >= 15 is 0 Å². The SMILES string of the molecule is CC[C@H]1CN(C(C)c2ccc(OC3CC3)cc2)[C@H](CC)CN1c1cc(=O)n(C)c2cn(CC#N)nc12. The van der Waals surface area contributed by atoms with E-state index in [-0.39, 0.29) is 24.2 Å². The number of aromatic nitrogens is 3. The zero-order valence-electron chi connectivity index (χ0n) is 21.7. The first-order valence-corrected chi connectivity index (χ1v) is 13.2. The summed E-state index contributed by atoms with van der Waals surface area (Å²) in [7, 11) is 1.76. The maximum atomic E-state index is 12.9. The fourth-order valence-electron chi connectivity index (χ4n) is 5.46. The Balaban J connectivity index is 1.43. The van der Waals surface area contributed by atoms with E-state index in [1.165, 1.54) is 5.56 Å². The number of piperazine rings is 1. The Morgan fingerprint density at radius 1 is 1.14 bits per heavy atom. The van der Waals surface area contributed by atoms with Crippen LogP contribution in [0.25, 0.3) is 11.0 Å². The first-order chi connectivity index (χ1) is 17.4. The van der Waals surface area contributed by atoms with Gasteiger partial charge in [-0.2, -0.15) is 10.4 Å². The topological polar surface area (TPSA) is 79.3 Å². The van der Waals surface area contributed by atoms with Gasteiger partial charge in [0.1, 0.15) is 17.8 Å². The van der Waals surface area contributed by atoms with Crippen LogP contribution in [0, 0.1) is 11.3 Å². The summed E-state index contributed by atoms with van der Waals surface area (Å²) < 4.78 is 9.19. The van der Waals surface area contributed by atoms with Gasteiger partial charge in [-0.05, 0) is 50.3 Å². The number of ether oxygens (including phenoxy) is 1. The zero-order chi connectivity index (χ0) is 25.4. The lowest BCUT2D eigenvalue weighted by Gasteiger charge is -2.49. The number of aryl methyl sites for hydroxylation is 1. The van der Waals surface area contributed by atoms with Crippen molar-refractivity contribution in [2.45, 2.75) is 77.2 Å². The van der Waals surface area contributed by atoms with Gasteiger partial charge in [0.25, 0.3) is 5.56 Å². The molecule has 0 spiro atoms. The van der Waals surface area contributed by atoms with E-state index in [0.29, 0.717) is 12.1 Å². The maximum absolute atomic E-state index is 12.9. The molecule has 2 aromatic heterocycles. The number of pyridine rings is 1. The molecule has 8 heteroatoms. The Morgan fingerprint density at radius 2 is 1.86 bits per heavy atom. The zero-order valence-corrected chi connectivity index (χ0v) is 21.7. The van der Waals surface area contributed by atoms with E-state index in [1.807, 2.05) is 0 Å². The summed E-state index contributed by atoms with van der Waals surface area (Å²) in [6, 6.07) is 13.4. The monoisotopic (exact) mass is 488 g/mol. The second kappa shape index (κ2) is 9.98. The van der Waals surface area contributed by atoms with E-state index in [9.17, 15) is 4.79 Å². The van der Waals surface area contributed by atoms with Crippen molar-refractivity contribution >= 4 is 16.7 Å². The normalized spacial score (nSPS) is 21.5. The molecule has 2 fully saturated rings. The van der Waals surface area contributed by atoms with Crippen molar-refractivity contribution in [3.63, 3.8) is 0 Å². The van der Waals surface area contributed by atoms with Crippen molar-refractivity contribution in [1.29, 1.82) is 5.26 Å². The molecule has 36 heavy (non-hydrogen) atoms. The van der Waals surface area contributed by atoms with Crippen LogP contribution in [0.15, 0.2) is 41.3 Å². The summed E-state index contributed by atoms with van der Waals surface area (Å²) >= 11 is 0. The number of hydrogen-bond donors (Lipinski definition) is 0. The summed E-state index contributed by atoms with van der Waals surface area (Å²) in [5.41, 5.74) is 3.67. The molecule has 2 aliphatic rings. The van der Waals surface area contributed by atoms with E-state index in [4.69, 9.17) is 15.1 Å². The van der Waals surface area contributed by atoms with Crippen LogP contribution in [0.3, 0.4) is 0 Å². The number of rotatable bonds is 8.